The molecule has 3 aromatic rings. The molecule has 6 rings (SSSR count). The lowest BCUT2D eigenvalue weighted by Gasteiger charge is -2.30. The standard InChI is InChI=1S/C31H32FN5O5/c1-19(21-5-6-21)36(15-20-3-8-25(32)9-4-20)28(39)18-37-29(40)31(42-30(37)41)12-11-23-13-22(7-10-26(23)31)24-14-34-35(16-24)17-27(38)33-2/h3-4,7-10,13-14,16,19,21H,5-6,11-12,15,17-18H2,1-2H3,(H,33,38)/t19?,31-/m1/s1. The van der Waals surface area contributed by atoms with Crippen LogP contribution < -0.4 is 5.32 Å². The van der Waals surface area contributed by atoms with Crippen LogP contribution in [0.5, 0.6) is 0 Å². The quantitative estimate of drug-likeness (QED) is 0.420. The maximum Gasteiger partial charge on any atom is 0.418 e. The molecule has 2 aliphatic carbocycles. The first-order valence-corrected chi connectivity index (χ1v) is 14.1. The summed E-state index contributed by atoms with van der Waals surface area (Å²) < 4.78 is 20.8. The van der Waals surface area contributed by atoms with Crippen molar-refractivity contribution in [1.82, 2.24) is 24.9 Å². The molecule has 10 nitrogen and oxygen atoms in total. The molecule has 42 heavy (non-hydrogen) atoms. The van der Waals surface area contributed by atoms with E-state index in [4.69, 9.17) is 4.74 Å². The third-order valence-electron chi connectivity index (χ3n) is 8.59. The van der Waals surface area contributed by atoms with Crippen molar-refractivity contribution in [2.24, 2.45) is 5.92 Å². The van der Waals surface area contributed by atoms with Crippen LogP contribution in [0.25, 0.3) is 11.1 Å². The molecule has 2 aromatic carbocycles. The summed E-state index contributed by atoms with van der Waals surface area (Å²) in [6.07, 6.45) is 5.44. The number of halogens is 1. The SMILES string of the molecule is CNC(=O)Cn1cc(-c2ccc3c(c2)CC[C@@]32OC(=O)N(CC(=O)N(Cc3ccc(F)cc3)C(C)C3CC3)C2=O)cn1. The van der Waals surface area contributed by atoms with Crippen molar-refractivity contribution in [3.05, 3.63) is 77.4 Å². The van der Waals surface area contributed by atoms with E-state index in [9.17, 15) is 23.6 Å². The fourth-order valence-corrected chi connectivity index (χ4v) is 5.96. The van der Waals surface area contributed by atoms with Crippen LogP contribution in [0.3, 0.4) is 0 Å². The summed E-state index contributed by atoms with van der Waals surface area (Å²) in [4.78, 5) is 54.7. The highest BCUT2D eigenvalue weighted by Gasteiger charge is 2.58. The molecule has 11 heteroatoms. The normalized spacial score (nSPS) is 20.0. The summed E-state index contributed by atoms with van der Waals surface area (Å²) in [5, 5.41) is 6.81. The van der Waals surface area contributed by atoms with Gasteiger partial charge in [-0.15, -0.1) is 0 Å². The summed E-state index contributed by atoms with van der Waals surface area (Å²) in [6, 6.07) is 11.5. The van der Waals surface area contributed by atoms with Crippen LogP contribution in [0.4, 0.5) is 9.18 Å². The molecule has 1 aromatic heterocycles. The molecular weight excluding hydrogens is 541 g/mol. The van der Waals surface area contributed by atoms with Gasteiger partial charge >= 0.3 is 6.09 Å². The van der Waals surface area contributed by atoms with Gasteiger partial charge < -0.3 is 15.0 Å². The van der Waals surface area contributed by atoms with Gasteiger partial charge in [-0.3, -0.25) is 19.1 Å². The topological polar surface area (TPSA) is 114 Å². The van der Waals surface area contributed by atoms with Gasteiger partial charge in [0.25, 0.3) is 5.91 Å². The molecule has 2 atom stereocenters. The van der Waals surface area contributed by atoms with Crippen LogP contribution in [-0.4, -0.2) is 63.0 Å². The van der Waals surface area contributed by atoms with E-state index in [-0.39, 0.29) is 43.2 Å². The van der Waals surface area contributed by atoms with Crippen molar-refractivity contribution < 1.29 is 28.3 Å². The minimum absolute atomic E-state index is 0.0865. The van der Waals surface area contributed by atoms with Gasteiger partial charge in [-0.1, -0.05) is 30.3 Å². The molecule has 2 fully saturated rings. The number of likely N-dealkylation sites (N-methyl/N-ethyl adjacent to an activating group) is 1. The Morgan fingerprint density at radius 3 is 2.62 bits per heavy atom. The maximum absolute atomic E-state index is 13.8. The summed E-state index contributed by atoms with van der Waals surface area (Å²) in [6.45, 7) is 1.90. The van der Waals surface area contributed by atoms with Crippen LogP contribution in [0.15, 0.2) is 54.9 Å². The molecule has 218 valence electrons. The van der Waals surface area contributed by atoms with Gasteiger partial charge in [0.2, 0.25) is 17.4 Å². The zero-order valence-electron chi connectivity index (χ0n) is 23.5. The maximum atomic E-state index is 13.8. The number of rotatable bonds is 9. The Hall–Kier alpha value is -4.54. The van der Waals surface area contributed by atoms with E-state index in [1.165, 1.54) is 12.1 Å². The molecule has 1 unspecified atom stereocenters. The van der Waals surface area contributed by atoms with Crippen LogP contribution in [0.1, 0.15) is 42.9 Å². The van der Waals surface area contributed by atoms with Crippen LogP contribution in [0.2, 0.25) is 0 Å². The van der Waals surface area contributed by atoms with E-state index in [2.05, 4.69) is 10.4 Å². The zero-order valence-corrected chi connectivity index (χ0v) is 23.5. The number of nitrogens with one attached hydrogen (secondary N) is 1. The van der Waals surface area contributed by atoms with Crippen molar-refractivity contribution >= 4 is 23.8 Å². The number of carbonyl (C=O) groups excluding carboxylic acids is 4. The van der Waals surface area contributed by atoms with E-state index in [1.54, 1.807) is 47.2 Å². The average molecular weight is 574 g/mol. The zero-order chi connectivity index (χ0) is 29.6. The first-order valence-electron chi connectivity index (χ1n) is 14.1. The van der Waals surface area contributed by atoms with Gasteiger partial charge in [-0.25, -0.2) is 14.1 Å². The highest BCUT2D eigenvalue weighted by molar-refractivity contribution is 6.06. The second-order valence-corrected chi connectivity index (χ2v) is 11.3. The molecule has 1 spiro atoms. The minimum Gasteiger partial charge on any atom is -0.427 e. The summed E-state index contributed by atoms with van der Waals surface area (Å²) >= 11 is 0. The van der Waals surface area contributed by atoms with E-state index in [0.29, 0.717) is 17.9 Å². The fraction of sp³-hybridized carbons (Fsp3) is 0.387. The number of ether oxygens (including phenoxy) is 1. The fourth-order valence-electron chi connectivity index (χ4n) is 5.96. The average Bonchev–Trinajstić information content (AvgIpc) is 3.56. The second-order valence-electron chi connectivity index (χ2n) is 11.3. The molecule has 0 radical (unpaired) electrons. The van der Waals surface area contributed by atoms with E-state index in [0.717, 1.165) is 40.0 Å². The second kappa shape index (κ2) is 10.7. The Labute approximate surface area is 242 Å². The number of fused-ring (bicyclic) bond motifs is 2. The Morgan fingerprint density at radius 2 is 1.90 bits per heavy atom. The lowest BCUT2D eigenvalue weighted by molar-refractivity contribution is -0.143. The number of aryl methyl sites for hydroxylation is 1. The van der Waals surface area contributed by atoms with Gasteiger partial charge in [0.15, 0.2) is 0 Å². The predicted molar refractivity (Wildman–Crippen MR) is 149 cm³/mol. The molecule has 1 saturated carbocycles. The Morgan fingerprint density at radius 1 is 1.14 bits per heavy atom. The van der Waals surface area contributed by atoms with Crippen molar-refractivity contribution in [3.63, 3.8) is 0 Å². The van der Waals surface area contributed by atoms with Crippen LogP contribution >= 0.6 is 0 Å². The van der Waals surface area contributed by atoms with Crippen molar-refractivity contribution in [2.45, 2.75) is 57.3 Å². The number of imide groups is 1. The molecule has 1 aliphatic heterocycles. The lowest BCUT2D eigenvalue weighted by atomic mass is 9.93. The highest BCUT2D eigenvalue weighted by Crippen LogP contribution is 2.46. The molecule has 1 N–H and O–H groups in total. The van der Waals surface area contributed by atoms with Gasteiger partial charge in [0, 0.05) is 43.4 Å². The number of benzene rings is 2. The van der Waals surface area contributed by atoms with E-state index >= 15 is 0 Å². The van der Waals surface area contributed by atoms with Crippen molar-refractivity contribution in [3.8, 4) is 11.1 Å². The minimum atomic E-state index is -1.46. The van der Waals surface area contributed by atoms with Gasteiger partial charge in [-0.2, -0.15) is 5.10 Å². The largest absolute Gasteiger partial charge is 0.427 e. The molecular formula is C31H32FN5O5. The summed E-state index contributed by atoms with van der Waals surface area (Å²) in [5.74, 6) is -1.06. The Balaban J connectivity index is 1.20. The van der Waals surface area contributed by atoms with Crippen LogP contribution in [-0.2, 0) is 44.2 Å². The Kier molecular flexibility index (Phi) is 7.04. The number of nitrogens with zero attached hydrogens (tertiary/aromatic N) is 4. The summed E-state index contributed by atoms with van der Waals surface area (Å²) in [5.41, 5.74) is 2.48. The third-order valence-corrected chi connectivity index (χ3v) is 8.59. The van der Waals surface area contributed by atoms with Crippen molar-refractivity contribution in [1.29, 1.82) is 0 Å². The number of hydrogen-bond acceptors (Lipinski definition) is 6. The first-order chi connectivity index (χ1) is 20.2. The van der Waals surface area contributed by atoms with Gasteiger partial charge in [-0.05, 0) is 60.9 Å². The van der Waals surface area contributed by atoms with Crippen molar-refractivity contribution in [2.75, 3.05) is 13.6 Å². The smallest absolute Gasteiger partial charge is 0.418 e. The first kappa shape index (κ1) is 27.6. The van der Waals surface area contributed by atoms with E-state index in [1.807, 2.05) is 19.1 Å². The molecule has 2 heterocycles. The van der Waals surface area contributed by atoms with Crippen LogP contribution in [0, 0.1) is 11.7 Å². The molecule has 4 amide bonds. The van der Waals surface area contributed by atoms with Gasteiger partial charge in [0.05, 0.1) is 6.20 Å². The highest BCUT2D eigenvalue weighted by atomic mass is 19.1. The monoisotopic (exact) mass is 573 g/mol. The lowest BCUT2D eigenvalue weighted by Crippen LogP contribution is -2.47. The molecule has 1 saturated heterocycles. The molecule has 0 bridgehead atoms. The predicted octanol–water partition coefficient (Wildman–Crippen LogP) is 3.38. The van der Waals surface area contributed by atoms with Gasteiger partial charge in [0.1, 0.15) is 18.9 Å². The van der Waals surface area contributed by atoms with E-state index < -0.39 is 24.1 Å². The third kappa shape index (κ3) is 5.03. The Bertz CT molecular complexity index is 1570. The number of hydrogen-bond donors (Lipinski definition) is 1. The number of amides is 4. The molecule has 3 aliphatic rings. The number of aromatic nitrogens is 2. The summed E-state index contributed by atoms with van der Waals surface area (Å²) in [7, 11) is 1.57. The number of carbonyl (C=O) groups is 4.